The normalized spacial score (nSPS) is 10.8. The number of nitriles is 1. The van der Waals surface area contributed by atoms with E-state index in [2.05, 4.69) is 4.98 Å². The molecule has 0 spiro atoms. The average Bonchev–Trinajstić information content (AvgIpc) is 2.46. The van der Waals surface area contributed by atoms with Crippen LogP contribution in [0.5, 0.6) is 0 Å². The van der Waals surface area contributed by atoms with Crippen molar-refractivity contribution in [2.24, 2.45) is 0 Å². The first-order valence-corrected chi connectivity index (χ1v) is 5.49. The maximum atomic E-state index is 10.9. The number of para-hydroxylation sites is 1. The molecule has 2 rings (SSSR count). The third kappa shape index (κ3) is 2.82. The van der Waals surface area contributed by atoms with Crippen molar-refractivity contribution in [3.05, 3.63) is 70.0 Å². The lowest BCUT2D eigenvalue weighted by Gasteiger charge is -1.99. The lowest BCUT2D eigenvalue weighted by molar-refractivity contribution is -0.385. The highest BCUT2D eigenvalue weighted by Crippen LogP contribution is 2.23. The van der Waals surface area contributed by atoms with Crippen LogP contribution in [0.1, 0.15) is 11.3 Å². The minimum Gasteiger partial charge on any atom is -0.258 e. The monoisotopic (exact) mass is 251 g/mol. The first kappa shape index (κ1) is 12.5. The second-order valence-electron chi connectivity index (χ2n) is 3.70. The van der Waals surface area contributed by atoms with Gasteiger partial charge in [-0.15, -0.1) is 0 Å². The molecule has 0 radical (unpaired) electrons. The van der Waals surface area contributed by atoms with Crippen molar-refractivity contribution in [1.29, 1.82) is 5.26 Å². The van der Waals surface area contributed by atoms with E-state index in [0.717, 1.165) is 0 Å². The van der Waals surface area contributed by atoms with E-state index in [0.29, 0.717) is 11.3 Å². The number of allylic oxidation sites excluding steroid dienone is 1. The number of nitrogens with zero attached hydrogens (tertiary/aromatic N) is 3. The van der Waals surface area contributed by atoms with Crippen LogP contribution in [0.15, 0.2) is 48.7 Å². The van der Waals surface area contributed by atoms with E-state index >= 15 is 0 Å². The van der Waals surface area contributed by atoms with Crippen molar-refractivity contribution in [3.63, 3.8) is 0 Å². The Kier molecular flexibility index (Phi) is 3.64. The quantitative estimate of drug-likeness (QED) is 0.477. The van der Waals surface area contributed by atoms with Gasteiger partial charge < -0.3 is 0 Å². The zero-order chi connectivity index (χ0) is 13.7. The topological polar surface area (TPSA) is 79.8 Å². The predicted octanol–water partition coefficient (Wildman–Crippen LogP) is 3.05. The molecule has 1 aromatic heterocycles. The highest BCUT2D eigenvalue weighted by molar-refractivity contribution is 5.89. The molecule has 19 heavy (non-hydrogen) atoms. The van der Waals surface area contributed by atoms with Crippen LogP contribution in [0, 0.1) is 21.4 Å². The molecule has 0 bridgehead atoms. The summed E-state index contributed by atoms with van der Waals surface area (Å²) in [5, 5.41) is 20.0. The highest BCUT2D eigenvalue weighted by Gasteiger charge is 2.12. The van der Waals surface area contributed by atoms with Crippen molar-refractivity contribution >= 4 is 17.3 Å². The van der Waals surface area contributed by atoms with E-state index in [-0.39, 0.29) is 11.3 Å². The maximum Gasteiger partial charge on any atom is 0.276 e. The largest absolute Gasteiger partial charge is 0.276 e. The van der Waals surface area contributed by atoms with Crippen LogP contribution in [0.25, 0.3) is 11.6 Å². The van der Waals surface area contributed by atoms with Gasteiger partial charge in [-0.25, -0.2) is 0 Å². The van der Waals surface area contributed by atoms with E-state index < -0.39 is 4.92 Å². The molecule has 1 heterocycles. The van der Waals surface area contributed by atoms with Gasteiger partial charge in [0.15, 0.2) is 0 Å². The average molecular weight is 251 g/mol. The minimum absolute atomic E-state index is 0.0359. The summed E-state index contributed by atoms with van der Waals surface area (Å²) in [6.07, 6.45) is 3.04. The summed E-state index contributed by atoms with van der Waals surface area (Å²) in [6.45, 7) is 0. The molecular formula is C14H9N3O2. The summed E-state index contributed by atoms with van der Waals surface area (Å²) in [5.41, 5.74) is 1.12. The van der Waals surface area contributed by atoms with Crippen molar-refractivity contribution in [1.82, 2.24) is 4.98 Å². The molecule has 0 atom stereocenters. The highest BCUT2D eigenvalue weighted by atomic mass is 16.6. The second kappa shape index (κ2) is 5.56. The van der Waals surface area contributed by atoms with E-state index in [1.165, 1.54) is 12.1 Å². The molecule has 0 amide bonds. The van der Waals surface area contributed by atoms with Crippen molar-refractivity contribution < 1.29 is 4.92 Å². The van der Waals surface area contributed by atoms with Crippen molar-refractivity contribution in [2.75, 3.05) is 0 Å². The maximum absolute atomic E-state index is 10.9. The molecule has 2 aromatic rings. The molecule has 0 aliphatic heterocycles. The fourth-order valence-electron chi connectivity index (χ4n) is 1.62. The zero-order valence-corrected chi connectivity index (χ0v) is 9.85. The van der Waals surface area contributed by atoms with Crippen LogP contribution in [0.2, 0.25) is 0 Å². The molecule has 5 nitrogen and oxygen atoms in total. The Balaban J connectivity index is 2.51. The Morgan fingerprint density at radius 3 is 2.63 bits per heavy atom. The molecule has 0 aliphatic carbocycles. The van der Waals surface area contributed by atoms with Gasteiger partial charge in [-0.05, 0) is 24.3 Å². The Labute approximate surface area is 109 Å². The number of hydrogen-bond donors (Lipinski definition) is 0. The minimum atomic E-state index is -0.473. The fraction of sp³-hybridized carbons (Fsp3) is 0. The fourth-order valence-corrected chi connectivity index (χ4v) is 1.62. The summed E-state index contributed by atoms with van der Waals surface area (Å²) in [6, 6.07) is 13.5. The van der Waals surface area contributed by atoms with Gasteiger partial charge in [-0.3, -0.25) is 15.1 Å². The van der Waals surface area contributed by atoms with Crippen LogP contribution in [-0.4, -0.2) is 9.91 Å². The van der Waals surface area contributed by atoms with Gasteiger partial charge in [0.1, 0.15) is 6.07 Å². The zero-order valence-electron chi connectivity index (χ0n) is 9.85. The smallest absolute Gasteiger partial charge is 0.258 e. The Bertz CT molecular complexity index is 673. The van der Waals surface area contributed by atoms with Crippen LogP contribution in [0.4, 0.5) is 5.69 Å². The van der Waals surface area contributed by atoms with Crippen LogP contribution in [-0.2, 0) is 0 Å². The number of aromatic nitrogens is 1. The molecule has 0 aliphatic rings. The molecule has 0 saturated carbocycles. The van der Waals surface area contributed by atoms with Crippen LogP contribution < -0.4 is 0 Å². The molecular weight excluding hydrogens is 242 g/mol. The van der Waals surface area contributed by atoms with Gasteiger partial charge in [0, 0.05) is 12.3 Å². The van der Waals surface area contributed by atoms with E-state index in [9.17, 15) is 10.1 Å². The van der Waals surface area contributed by atoms with Gasteiger partial charge in [0.2, 0.25) is 0 Å². The van der Waals surface area contributed by atoms with Crippen LogP contribution >= 0.6 is 0 Å². The standard InChI is InChI=1S/C14H9N3O2/c15-10-12(13-6-3-4-8-16-13)9-11-5-1-2-7-14(11)17(18)19/h1-9H/b12-9+. The molecule has 0 fully saturated rings. The Hall–Kier alpha value is -3.00. The Morgan fingerprint density at radius 2 is 2.00 bits per heavy atom. The summed E-state index contributed by atoms with van der Waals surface area (Å²) in [4.78, 5) is 14.5. The first-order chi connectivity index (χ1) is 9.22. The Morgan fingerprint density at radius 1 is 1.26 bits per heavy atom. The molecule has 0 saturated heterocycles. The number of hydrogen-bond acceptors (Lipinski definition) is 4. The molecule has 1 aromatic carbocycles. The van der Waals surface area contributed by atoms with E-state index in [1.54, 1.807) is 42.6 Å². The molecule has 0 N–H and O–H groups in total. The number of benzene rings is 1. The lowest BCUT2D eigenvalue weighted by Crippen LogP contribution is -1.92. The lowest BCUT2D eigenvalue weighted by atomic mass is 10.1. The molecule has 5 heteroatoms. The number of nitro benzene ring substituents is 1. The summed E-state index contributed by atoms with van der Waals surface area (Å²) in [7, 11) is 0. The summed E-state index contributed by atoms with van der Waals surface area (Å²) >= 11 is 0. The number of pyridine rings is 1. The molecule has 0 unspecified atom stereocenters. The molecule has 92 valence electrons. The third-order valence-corrected chi connectivity index (χ3v) is 2.49. The van der Waals surface area contributed by atoms with Gasteiger partial charge in [0.05, 0.1) is 21.8 Å². The van der Waals surface area contributed by atoms with Gasteiger partial charge >= 0.3 is 0 Å². The first-order valence-electron chi connectivity index (χ1n) is 5.49. The predicted molar refractivity (Wildman–Crippen MR) is 70.8 cm³/mol. The van der Waals surface area contributed by atoms with Crippen LogP contribution in [0.3, 0.4) is 0 Å². The van der Waals surface area contributed by atoms with Crippen molar-refractivity contribution in [3.8, 4) is 6.07 Å². The number of nitro groups is 1. The van der Waals surface area contributed by atoms with Gasteiger partial charge in [-0.1, -0.05) is 18.2 Å². The third-order valence-electron chi connectivity index (χ3n) is 2.49. The number of rotatable bonds is 3. The summed E-state index contributed by atoms with van der Waals surface area (Å²) < 4.78 is 0. The van der Waals surface area contributed by atoms with E-state index in [4.69, 9.17) is 5.26 Å². The SMILES string of the molecule is N#C/C(=C\c1ccccc1[N+](=O)[O-])c1ccccn1. The summed E-state index contributed by atoms with van der Waals surface area (Å²) in [5.74, 6) is 0. The second-order valence-corrected chi connectivity index (χ2v) is 3.70. The van der Waals surface area contributed by atoms with Gasteiger partial charge in [-0.2, -0.15) is 5.26 Å². The van der Waals surface area contributed by atoms with Crippen molar-refractivity contribution in [2.45, 2.75) is 0 Å². The van der Waals surface area contributed by atoms with Gasteiger partial charge in [0.25, 0.3) is 5.69 Å². The van der Waals surface area contributed by atoms with E-state index in [1.807, 2.05) is 6.07 Å².